The molecule has 1 fully saturated rings. The largest absolute Gasteiger partial charge is 0.348 e. The van der Waals surface area contributed by atoms with E-state index >= 15 is 0 Å². The highest BCUT2D eigenvalue weighted by Crippen LogP contribution is 2.13. The van der Waals surface area contributed by atoms with Gasteiger partial charge in [-0.15, -0.1) is 0 Å². The Labute approximate surface area is 156 Å². The Morgan fingerprint density at radius 2 is 2.08 bits per heavy atom. The Morgan fingerprint density at radius 3 is 2.85 bits per heavy atom. The summed E-state index contributed by atoms with van der Waals surface area (Å²) in [6, 6.07) is 10.8. The van der Waals surface area contributed by atoms with Crippen LogP contribution in [0.3, 0.4) is 0 Å². The summed E-state index contributed by atoms with van der Waals surface area (Å²) in [4.78, 5) is 15.1. The highest BCUT2D eigenvalue weighted by atomic mass is 16.1. The summed E-state index contributed by atoms with van der Waals surface area (Å²) >= 11 is 0. The molecular weight excluding hydrogens is 324 g/mol. The van der Waals surface area contributed by atoms with Crippen molar-refractivity contribution in [1.82, 2.24) is 20.0 Å². The van der Waals surface area contributed by atoms with E-state index < -0.39 is 0 Å². The lowest BCUT2D eigenvalue weighted by Crippen LogP contribution is -2.48. The number of rotatable bonds is 7. The molecule has 1 aromatic carbocycles. The van der Waals surface area contributed by atoms with Crippen LogP contribution in [0.5, 0.6) is 0 Å². The monoisotopic (exact) mass is 354 g/mol. The van der Waals surface area contributed by atoms with Crippen molar-refractivity contribution in [2.24, 2.45) is 0 Å². The maximum absolute atomic E-state index is 12.7. The second-order valence-corrected chi connectivity index (χ2v) is 7.24. The number of aromatic nitrogens is 2. The number of aryl methyl sites for hydroxylation is 2. The highest BCUT2D eigenvalue weighted by molar-refractivity contribution is 5.95. The van der Waals surface area contributed by atoms with E-state index in [-0.39, 0.29) is 11.9 Å². The Bertz CT molecular complexity index is 710. The van der Waals surface area contributed by atoms with E-state index in [1.165, 1.54) is 5.56 Å². The first kappa shape index (κ1) is 18.6. The smallest absolute Gasteiger partial charge is 0.255 e. The van der Waals surface area contributed by atoms with E-state index in [1.807, 2.05) is 17.8 Å². The topological polar surface area (TPSA) is 50.2 Å². The average Bonchev–Trinajstić information content (AvgIpc) is 3.02. The van der Waals surface area contributed by atoms with Crippen LogP contribution in [0.4, 0.5) is 0 Å². The second kappa shape index (κ2) is 8.99. The number of nitrogens with one attached hydrogen (secondary N) is 1. The summed E-state index contributed by atoms with van der Waals surface area (Å²) < 4.78 is 1.87. The van der Waals surface area contributed by atoms with Crippen molar-refractivity contribution in [3.63, 3.8) is 0 Å². The van der Waals surface area contributed by atoms with Gasteiger partial charge >= 0.3 is 0 Å². The zero-order valence-electron chi connectivity index (χ0n) is 15.9. The van der Waals surface area contributed by atoms with Crippen molar-refractivity contribution >= 4 is 5.91 Å². The molecule has 0 bridgehead atoms. The van der Waals surface area contributed by atoms with Crippen molar-refractivity contribution < 1.29 is 4.79 Å². The van der Waals surface area contributed by atoms with Gasteiger partial charge in [0.05, 0.1) is 11.3 Å². The van der Waals surface area contributed by atoms with Crippen molar-refractivity contribution in [3.8, 4) is 0 Å². The Kier molecular flexibility index (Phi) is 6.45. The molecule has 0 saturated carbocycles. The molecule has 1 aromatic heterocycles. The van der Waals surface area contributed by atoms with Gasteiger partial charge in [-0.2, -0.15) is 5.10 Å². The van der Waals surface area contributed by atoms with Crippen LogP contribution in [0.1, 0.15) is 47.8 Å². The van der Waals surface area contributed by atoms with Crippen LogP contribution < -0.4 is 5.32 Å². The van der Waals surface area contributed by atoms with Crippen LogP contribution in [0.25, 0.3) is 0 Å². The second-order valence-electron chi connectivity index (χ2n) is 7.24. The quantitative estimate of drug-likeness (QED) is 0.831. The lowest BCUT2D eigenvalue weighted by atomic mass is 10.0. The van der Waals surface area contributed by atoms with Crippen LogP contribution in [0, 0.1) is 6.92 Å². The van der Waals surface area contributed by atoms with Crippen molar-refractivity contribution in [2.45, 2.75) is 52.1 Å². The molecule has 5 heteroatoms. The van der Waals surface area contributed by atoms with Gasteiger partial charge in [0.1, 0.15) is 0 Å². The first-order valence-electron chi connectivity index (χ1n) is 9.77. The molecule has 1 N–H and O–H groups in total. The minimum absolute atomic E-state index is 0.0137. The van der Waals surface area contributed by atoms with E-state index in [9.17, 15) is 4.79 Å². The molecule has 1 atom stereocenters. The Hall–Kier alpha value is -2.14. The molecule has 1 amide bonds. The van der Waals surface area contributed by atoms with E-state index in [0.717, 1.165) is 57.6 Å². The van der Waals surface area contributed by atoms with Gasteiger partial charge in [-0.1, -0.05) is 37.3 Å². The predicted octanol–water partition coefficient (Wildman–Crippen LogP) is 3.04. The zero-order chi connectivity index (χ0) is 18.4. The summed E-state index contributed by atoms with van der Waals surface area (Å²) in [5.41, 5.74) is 2.89. The zero-order valence-corrected chi connectivity index (χ0v) is 15.9. The van der Waals surface area contributed by atoms with Crippen molar-refractivity contribution in [2.75, 3.05) is 19.6 Å². The number of likely N-dealkylation sites (tertiary alicyclic amines) is 1. The third-order valence-corrected chi connectivity index (χ3v) is 5.04. The van der Waals surface area contributed by atoms with E-state index in [2.05, 4.69) is 52.6 Å². The van der Waals surface area contributed by atoms with E-state index in [1.54, 1.807) is 0 Å². The predicted molar refractivity (Wildman–Crippen MR) is 104 cm³/mol. The number of carbonyl (C=O) groups excluding carboxylic acids is 1. The number of nitrogens with zero attached hydrogens (tertiary/aromatic N) is 3. The molecule has 0 radical (unpaired) electrons. The van der Waals surface area contributed by atoms with Crippen molar-refractivity contribution in [1.29, 1.82) is 0 Å². The Balaban J connectivity index is 1.52. The van der Waals surface area contributed by atoms with Gasteiger partial charge in [0.2, 0.25) is 0 Å². The van der Waals surface area contributed by atoms with Gasteiger partial charge < -0.3 is 10.2 Å². The van der Waals surface area contributed by atoms with Crippen molar-refractivity contribution in [3.05, 3.63) is 53.3 Å². The molecule has 2 heterocycles. The lowest BCUT2D eigenvalue weighted by Gasteiger charge is -2.33. The molecule has 2 aromatic rings. The number of carbonyl (C=O) groups is 1. The van der Waals surface area contributed by atoms with Crippen LogP contribution in [-0.4, -0.2) is 46.3 Å². The van der Waals surface area contributed by atoms with E-state index in [0.29, 0.717) is 5.56 Å². The van der Waals surface area contributed by atoms with Crippen LogP contribution in [0.15, 0.2) is 36.5 Å². The maximum Gasteiger partial charge on any atom is 0.255 e. The normalized spacial score (nSPS) is 18.0. The lowest BCUT2D eigenvalue weighted by molar-refractivity contribution is 0.0903. The third kappa shape index (κ3) is 4.94. The number of amides is 1. The van der Waals surface area contributed by atoms with Crippen LogP contribution in [-0.2, 0) is 13.0 Å². The van der Waals surface area contributed by atoms with Gasteiger partial charge in [0.25, 0.3) is 5.91 Å². The molecular formula is C21H30N4O. The number of hydrogen-bond donors (Lipinski definition) is 1. The molecule has 0 aliphatic carbocycles. The molecule has 1 aliphatic rings. The minimum Gasteiger partial charge on any atom is -0.348 e. The van der Waals surface area contributed by atoms with Crippen LogP contribution >= 0.6 is 0 Å². The van der Waals surface area contributed by atoms with E-state index in [4.69, 9.17) is 0 Å². The first-order chi connectivity index (χ1) is 12.7. The highest BCUT2D eigenvalue weighted by Gasteiger charge is 2.23. The molecule has 5 nitrogen and oxygen atoms in total. The van der Waals surface area contributed by atoms with Gasteiger partial charge in [0.15, 0.2) is 0 Å². The molecule has 0 unspecified atom stereocenters. The molecule has 140 valence electrons. The van der Waals surface area contributed by atoms with Gasteiger partial charge in [-0.25, -0.2) is 0 Å². The van der Waals surface area contributed by atoms with Crippen LogP contribution in [0.2, 0.25) is 0 Å². The molecule has 3 rings (SSSR count). The maximum atomic E-state index is 12.7. The summed E-state index contributed by atoms with van der Waals surface area (Å²) in [6.45, 7) is 7.97. The molecule has 1 saturated heterocycles. The molecule has 0 spiro atoms. The van der Waals surface area contributed by atoms with Gasteiger partial charge in [-0.05, 0) is 44.7 Å². The fraction of sp³-hybridized carbons (Fsp3) is 0.524. The minimum atomic E-state index is 0.0137. The number of benzene rings is 1. The summed E-state index contributed by atoms with van der Waals surface area (Å²) in [6.07, 6.45) is 6.14. The summed E-state index contributed by atoms with van der Waals surface area (Å²) in [5.74, 6) is 0.0137. The Morgan fingerprint density at radius 1 is 1.27 bits per heavy atom. The fourth-order valence-corrected chi connectivity index (χ4v) is 3.66. The third-order valence-electron chi connectivity index (χ3n) is 5.04. The summed E-state index contributed by atoms with van der Waals surface area (Å²) in [7, 11) is 0. The first-order valence-corrected chi connectivity index (χ1v) is 9.77. The fourth-order valence-electron chi connectivity index (χ4n) is 3.66. The van der Waals surface area contributed by atoms with Gasteiger partial charge in [-0.3, -0.25) is 9.48 Å². The average molecular weight is 354 g/mol. The molecule has 26 heavy (non-hydrogen) atoms. The number of piperidine rings is 1. The number of hydrogen-bond acceptors (Lipinski definition) is 3. The van der Waals surface area contributed by atoms with Gasteiger partial charge in [0, 0.05) is 31.9 Å². The standard InChI is InChI=1S/C21H30N4O/c1-3-12-25-16-20(17(2)23-25)21(26)22-19-10-7-13-24(15-19)14-11-18-8-5-4-6-9-18/h4-6,8-9,16,19H,3,7,10-15H2,1-2H3,(H,22,26)/t19-/m1/s1. The summed E-state index contributed by atoms with van der Waals surface area (Å²) in [5, 5.41) is 7.66. The molecule has 1 aliphatic heterocycles. The SMILES string of the molecule is CCCn1cc(C(=O)N[C@@H]2CCCN(CCc3ccccc3)C2)c(C)n1.